The number of allylic oxidation sites excluding steroid dienone is 1. The van der Waals surface area contributed by atoms with Crippen LogP contribution in [0.3, 0.4) is 0 Å². The molecule has 3 N–H and O–H groups in total. The highest BCUT2D eigenvalue weighted by atomic mass is 16.5. The van der Waals surface area contributed by atoms with E-state index in [1.54, 1.807) is 12.1 Å². The van der Waals surface area contributed by atoms with Crippen LogP contribution < -0.4 is 11.3 Å². The largest absolute Gasteiger partial charge is 0.453 e. The number of rotatable bonds is 5. The maximum atomic E-state index is 11.0. The Morgan fingerprint density at radius 2 is 2.47 bits per heavy atom. The Bertz CT molecular complexity index is 344. The van der Waals surface area contributed by atoms with E-state index >= 15 is 0 Å². The van der Waals surface area contributed by atoms with Crippen LogP contribution in [0.4, 0.5) is 0 Å². The van der Waals surface area contributed by atoms with Gasteiger partial charge >= 0.3 is 5.91 Å². The Hall–Kier alpha value is -1.59. The molecule has 1 aromatic heterocycles. The molecule has 1 amide bonds. The smallest absolute Gasteiger partial charge is 0.300 e. The summed E-state index contributed by atoms with van der Waals surface area (Å²) in [5.74, 6) is 5.28. The molecule has 0 spiro atoms. The summed E-state index contributed by atoms with van der Waals surface area (Å²) in [4.78, 5) is 11.0. The van der Waals surface area contributed by atoms with Crippen LogP contribution in [0, 0.1) is 0 Å². The molecule has 82 valence electrons. The first-order valence-corrected chi connectivity index (χ1v) is 4.56. The summed E-state index contributed by atoms with van der Waals surface area (Å²) in [5, 5.41) is 0. The molecular weight excluding hydrogens is 196 g/mol. The van der Waals surface area contributed by atoms with Gasteiger partial charge in [-0.15, -0.1) is 0 Å². The summed E-state index contributed by atoms with van der Waals surface area (Å²) in [5.41, 5.74) is 1.99. The van der Waals surface area contributed by atoms with E-state index < -0.39 is 5.91 Å². The van der Waals surface area contributed by atoms with Gasteiger partial charge in [0, 0.05) is 0 Å². The van der Waals surface area contributed by atoms with Gasteiger partial charge < -0.3 is 9.15 Å². The summed E-state index contributed by atoms with van der Waals surface area (Å²) in [6.45, 7) is 2.78. The van der Waals surface area contributed by atoms with Crippen LogP contribution in [-0.2, 0) is 11.3 Å². The molecule has 0 aromatic carbocycles. The van der Waals surface area contributed by atoms with Crippen molar-refractivity contribution in [3.8, 4) is 0 Å². The number of furan rings is 1. The van der Waals surface area contributed by atoms with Crippen LogP contribution in [0.1, 0.15) is 23.2 Å². The Balaban J connectivity index is 2.42. The zero-order chi connectivity index (χ0) is 11.1. The van der Waals surface area contributed by atoms with Crippen LogP contribution in [0.5, 0.6) is 0 Å². The number of carbonyl (C=O) groups excluding carboxylic acids is 1. The van der Waals surface area contributed by atoms with E-state index in [4.69, 9.17) is 15.0 Å². The highest BCUT2D eigenvalue weighted by Crippen LogP contribution is 2.08. The Kier molecular flexibility index (Phi) is 4.59. The van der Waals surface area contributed by atoms with Crippen molar-refractivity contribution in [3.63, 3.8) is 0 Å². The summed E-state index contributed by atoms with van der Waals surface area (Å²) in [6.07, 6.45) is 3.78. The van der Waals surface area contributed by atoms with E-state index in [0.29, 0.717) is 19.0 Å². The normalized spacial score (nSPS) is 10.8. The van der Waals surface area contributed by atoms with E-state index in [1.807, 2.05) is 24.5 Å². The first kappa shape index (κ1) is 11.5. The average molecular weight is 210 g/mol. The average Bonchev–Trinajstić information content (AvgIpc) is 2.72. The molecule has 0 bridgehead atoms. The lowest BCUT2D eigenvalue weighted by molar-refractivity contribution is 0.0911. The molecule has 5 nitrogen and oxygen atoms in total. The summed E-state index contributed by atoms with van der Waals surface area (Å²) in [6, 6.07) is 3.23. The molecule has 0 fully saturated rings. The molecule has 1 aromatic rings. The van der Waals surface area contributed by atoms with Crippen molar-refractivity contribution in [2.75, 3.05) is 6.61 Å². The molecule has 0 saturated carbocycles. The zero-order valence-electron chi connectivity index (χ0n) is 8.53. The van der Waals surface area contributed by atoms with Crippen molar-refractivity contribution < 1.29 is 13.9 Å². The van der Waals surface area contributed by atoms with Crippen molar-refractivity contribution in [3.05, 3.63) is 35.8 Å². The standard InChI is InChI=1S/C10H14N2O3/c1-2-3-6-14-7-8-4-5-9(15-8)10(13)12-11/h2-5H,6-7,11H2,1H3,(H,12,13). The number of ether oxygens (including phenoxy) is 1. The third-order valence-electron chi connectivity index (χ3n) is 1.71. The number of carbonyl (C=O) groups is 1. The van der Waals surface area contributed by atoms with Gasteiger partial charge in [-0.05, 0) is 19.1 Å². The SMILES string of the molecule is CC=CCOCc1ccc(C(=O)NN)o1. The summed E-state index contributed by atoms with van der Waals surface area (Å²) < 4.78 is 10.4. The molecule has 0 aliphatic heterocycles. The highest BCUT2D eigenvalue weighted by Gasteiger charge is 2.08. The fourth-order valence-electron chi connectivity index (χ4n) is 0.972. The second-order valence-electron chi connectivity index (χ2n) is 2.82. The van der Waals surface area contributed by atoms with Gasteiger partial charge in [0.1, 0.15) is 12.4 Å². The summed E-state index contributed by atoms with van der Waals surface area (Å²) in [7, 11) is 0. The van der Waals surface area contributed by atoms with Crippen molar-refractivity contribution in [2.24, 2.45) is 5.84 Å². The van der Waals surface area contributed by atoms with Crippen LogP contribution in [0.2, 0.25) is 0 Å². The maximum Gasteiger partial charge on any atom is 0.300 e. The van der Waals surface area contributed by atoms with Crippen molar-refractivity contribution >= 4 is 5.91 Å². The van der Waals surface area contributed by atoms with Crippen molar-refractivity contribution in [1.29, 1.82) is 0 Å². The van der Waals surface area contributed by atoms with Crippen molar-refractivity contribution in [1.82, 2.24) is 5.43 Å². The van der Waals surface area contributed by atoms with Crippen molar-refractivity contribution in [2.45, 2.75) is 13.5 Å². The van der Waals surface area contributed by atoms with Crippen LogP contribution in [0.15, 0.2) is 28.7 Å². The predicted molar refractivity (Wildman–Crippen MR) is 54.8 cm³/mol. The van der Waals surface area contributed by atoms with E-state index in [1.165, 1.54) is 0 Å². The van der Waals surface area contributed by atoms with Gasteiger partial charge in [0.05, 0.1) is 6.61 Å². The number of hydrazine groups is 1. The van der Waals surface area contributed by atoms with E-state index in [9.17, 15) is 4.79 Å². The molecule has 5 heteroatoms. The molecule has 0 aliphatic carbocycles. The van der Waals surface area contributed by atoms with E-state index in [2.05, 4.69) is 0 Å². The van der Waals surface area contributed by atoms with Crippen LogP contribution >= 0.6 is 0 Å². The van der Waals surface area contributed by atoms with Gasteiger partial charge in [-0.25, -0.2) is 5.84 Å². The minimum atomic E-state index is -0.449. The van der Waals surface area contributed by atoms with Gasteiger partial charge in [0.2, 0.25) is 0 Å². The van der Waals surface area contributed by atoms with Gasteiger partial charge in [-0.2, -0.15) is 0 Å². The lowest BCUT2D eigenvalue weighted by Crippen LogP contribution is -2.29. The van der Waals surface area contributed by atoms with Gasteiger partial charge in [0.25, 0.3) is 0 Å². The third-order valence-corrected chi connectivity index (χ3v) is 1.71. The molecule has 15 heavy (non-hydrogen) atoms. The highest BCUT2D eigenvalue weighted by molar-refractivity contribution is 5.90. The number of nitrogens with one attached hydrogen (secondary N) is 1. The molecule has 0 unspecified atom stereocenters. The number of nitrogens with two attached hydrogens (primary N) is 1. The van der Waals surface area contributed by atoms with Gasteiger partial charge in [-0.3, -0.25) is 10.2 Å². The fourth-order valence-corrected chi connectivity index (χ4v) is 0.972. The topological polar surface area (TPSA) is 77.5 Å². The summed E-state index contributed by atoms with van der Waals surface area (Å²) >= 11 is 0. The minimum absolute atomic E-state index is 0.183. The first-order chi connectivity index (χ1) is 7.27. The second-order valence-corrected chi connectivity index (χ2v) is 2.82. The van der Waals surface area contributed by atoms with E-state index in [-0.39, 0.29) is 5.76 Å². The Morgan fingerprint density at radius 3 is 3.13 bits per heavy atom. The van der Waals surface area contributed by atoms with E-state index in [0.717, 1.165) is 0 Å². The number of hydrogen-bond donors (Lipinski definition) is 2. The lowest BCUT2D eigenvalue weighted by atomic mass is 10.4. The Morgan fingerprint density at radius 1 is 1.67 bits per heavy atom. The van der Waals surface area contributed by atoms with Gasteiger partial charge in [0.15, 0.2) is 5.76 Å². The predicted octanol–water partition coefficient (Wildman–Crippen LogP) is 0.976. The second kappa shape index (κ2) is 6.00. The fraction of sp³-hybridized carbons (Fsp3) is 0.300. The molecule has 0 saturated heterocycles. The van der Waals surface area contributed by atoms with Crippen LogP contribution in [-0.4, -0.2) is 12.5 Å². The van der Waals surface area contributed by atoms with Gasteiger partial charge in [-0.1, -0.05) is 12.2 Å². The third kappa shape index (κ3) is 3.57. The monoisotopic (exact) mass is 210 g/mol. The number of amides is 1. The van der Waals surface area contributed by atoms with Crippen LogP contribution in [0.25, 0.3) is 0 Å². The Labute approximate surface area is 87.9 Å². The minimum Gasteiger partial charge on any atom is -0.453 e. The maximum absolute atomic E-state index is 11.0. The molecule has 0 atom stereocenters. The number of nitrogen functional groups attached to an aromatic ring is 1. The zero-order valence-corrected chi connectivity index (χ0v) is 8.53. The first-order valence-electron chi connectivity index (χ1n) is 4.56. The molecular formula is C10H14N2O3. The lowest BCUT2D eigenvalue weighted by Gasteiger charge is -1.97. The molecule has 0 radical (unpaired) electrons. The number of hydrogen-bond acceptors (Lipinski definition) is 4. The molecule has 1 heterocycles. The quantitative estimate of drug-likeness (QED) is 0.249. The molecule has 0 aliphatic rings. The molecule has 1 rings (SSSR count).